The molecule has 4 atom stereocenters. The topological polar surface area (TPSA) is 122 Å². The largest absolute Gasteiger partial charge is 0.454 e. The minimum atomic E-state index is -0.885. The van der Waals surface area contributed by atoms with Crippen LogP contribution in [-0.4, -0.2) is 47.6 Å². The van der Waals surface area contributed by atoms with Crippen LogP contribution >= 0.6 is 11.6 Å². The van der Waals surface area contributed by atoms with Crippen molar-refractivity contribution in [1.82, 2.24) is 15.8 Å². The van der Waals surface area contributed by atoms with Crippen LogP contribution in [0.5, 0.6) is 0 Å². The highest BCUT2D eigenvalue weighted by atomic mass is 35.5. The van der Waals surface area contributed by atoms with E-state index < -0.39 is 42.8 Å². The maximum Gasteiger partial charge on any atom is 0.326 e. The molecule has 4 amide bonds. The summed E-state index contributed by atoms with van der Waals surface area (Å²) in [6.45, 7) is -1.22. The zero-order chi connectivity index (χ0) is 21.4. The highest BCUT2D eigenvalue weighted by Crippen LogP contribution is 2.52. The van der Waals surface area contributed by atoms with Gasteiger partial charge in [-0.05, 0) is 30.4 Å². The van der Waals surface area contributed by atoms with Gasteiger partial charge >= 0.3 is 5.97 Å². The molecule has 1 heterocycles. The lowest BCUT2D eigenvalue weighted by molar-refractivity contribution is -0.155. The zero-order valence-corrected chi connectivity index (χ0v) is 16.4. The fourth-order valence-electron chi connectivity index (χ4n) is 4.32. The average Bonchev–Trinajstić information content (AvgIpc) is 3.41. The van der Waals surface area contributed by atoms with Crippen molar-refractivity contribution >= 4 is 41.2 Å². The first kappa shape index (κ1) is 20.1. The van der Waals surface area contributed by atoms with Crippen LogP contribution in [0, 0.1) is 23.7 Å². The first-order chi connectivity index (χ1) is 14.4. The molecule has 1 saturated heterocycles. The molecule has 1 aromatic carbocycles. The van der Waals surface area contributed by atoms with Crippen molar-refractivity contribution in [2.75, 3.05) is 13.2 Å². The van der Waals surface area contributed by atoms with Crippen LogP contribution in [0.3, 0.4) is 0 Å². The summed E-state index contributed by atoms with van der Waals surface area (Å²) < 4.78 is 4.83. The predicted octanol–water partition coefficient (Wildman–Crippen LogP) is 0.451. The number of esters is 1. The van der Waals surface area contributed by atoms with E-state index in [0.717, 1.165) is 11.3 Å². The fraction of sp³-hybridized carbons (Fsp3) is 0.350. The zero-order valence-electron chi connectivity index (χ0n) is 15.7. The molecule has 2 N–H and O–H groups in total. The van der Waals surface area contributed by atoms with Crippen LogP contribution < -0.4 is 10.9 Å². The van der Waals surface area contributed by atoms with E-state index in [0.29, 0.717) is 0 Å². The molecule has 30 heavy (non-hydrogen) atoms. The Labute approximate surface area is 176 Å². The van der Waals surface area contributed by atoms with Crippen molar-refractivity contribution in [2.24, 2.45) is 23.7 Å². The quantitative estimate of drug-likeness (QED) is 0.302. The normalized spacial score (nSPS) is 26.0. The fourth-order valence-corrected chi connectivity index (χ4v) is 4.54. The Morgan fingerprint density at radius 2 is 1.67 bits per heavy atom. The van der Waals surface area contributed by atoms with Crippen LogP contribution in [0.1, 0.15) is 16.8 Å². The third-order valence-corrected chi connectivity index (χ3v) is 5.98. The average molecular weight is 432 g/mol. The van der Waals surface area contributed by atoms with Crippen molar-refractivity contribution in [3.63, 3.8) is 0 Å². The number of fused-ring (bicyclic) bond motifs is 5. The molecule has 156 valence electrons. The monoisotopic (exact) mass is 431 g/mol. The molecule has 1 saturated carbocycles. The van der Waals surface area contributed by atoms with Gasteiger partial charge in [0.1, 0.15) is 6.54 Å². The summed E-state index contributed by atoms with van der Waals surface area (Å²) in [5, 5.41) is 0.212. The number of rotatable bonds is 5. The summed E-state index contributed by atoms with van der Waals surface area (Å²) in [4.78, 5) is 61.8. The second-order valence-corrected chi connectivity index (χ2v) is 7.81. The highest BCUT2D eigenvalue weighted by molar-refractivity contribution is 6.33. The molecule has 0 radical (unpaired) electrons. The predicted molar refractivity (Wildman–Crippen MR) is 102 cm³/mol. The molecule has 0 spiro atoms. The summed E-state index contributed by atoms with van der Waals surface area (Å²) >= 11 is 5.89. The van der Waals surface area contributed by atoms with Gasteiger partial charge in [0, 0.05) is 0 Å². The number of carbonyl (C=O) groups is 5. The second kappa shape index (κ2) is 7.91. The molecule has 2 aliphatic carbocycles. The number of hydrogen-bond acceptors (Lipinski definition) is 6. The molecule has 2 bridgehead atoms. The number of ether oxygens (including phenoxy) is 1. The van der Waals surface area contributed by atoms with Crippen molar-refractivity contribution in [1.29, 1.82) is 0 Å². The lowest BCUT2D eigenvalue weighted by Gasteiger charge is -2.16. The van der Waals surface area contributed by atoms with E-state index in [4.69, 9.17) is 16.3 Å². The van der Waals surface area contributed by atoms with E-state index in [1.807, 2.05) is 12.2 Å². The van der Waals surface area contributed by atoms with Crippen LogP contribution in [0.4, 0.5) is 0 Å². The summed E-state index contributed by atoms with van der Waals surface area (Å²) in [6.07, 6.45) is 4.71. The van der Waals surface area contributed by atoms with Gasteiger partial charge in [0.15, 0.2) is 6.61 Å². The van der Waals surface area contributed by atoms with Crippen molar-refractivity contribution < 1.29 is 28.7 Å². The van der Waals surface area contributed by atoms with Gasteiger partial charge in [0.05, 0.1) is 22.4 Å². The second-order valence-electron chi connectivity index (χ2n) is 7.41. The van der Waals surface area contributed by atoms with E-state index in [9.17, 15) is 24.0 Å². The van der Waals surface area contributed by atoms with Gasteiger partial charge in [-0.15, -0.1) is 0 Å². The maximum atomic E-state index is 12.5. The Balaban J connectivity index is 1.23. The Hall–Kier alpha value is -3.20. The highest BCUT2D eigenvalue weighted by Gasteiger charge is 2.59. The summed E-state index contributed by atoms with van der Waals surface area (Å²) in [6, 6.07) is 6.27. The van der Waals surface area contributed by atoms with Gasteiger partial charge in [-0.2, -0.15) is 0 Å². The van der Waals surface area contributed by atoms with Crippen LogP contribution in [0.25, 0.3) is 0 Å². The standard InChI is InChI=1S/C20H18ClN3O6/c21-13-4-2-1-3-12(13)18(27)23-22-14(25)9-30-15(26)8-24-19(28)16-10-5-6-11(7-10)17(16)20(24)29/h1-6,10-11,16-17H,7-9H2,(H,22,25)(H,23,27)/t10-,11-,16+,17+/m0/s1. The molecule has 1 aromatic rings. The number of halogens is 1. The molecule has 10 heteroatoms. The summed E-state index contributed by atoms with van der Waals surface area (Å²) in [5.74, 6) is -3.75. The number of hydrogen-bond donors (Lipinski definition) is 2. The molecular weight excluding hydrogens is 414 g/mol. The first-order valence-corrected chi connectivity index (χ1v) is 9.77. The summed E-state index contributed by atoms with van der Waals surface area (Å²) in [5.41, 5.74) is 4.41. The smallest absolute Gasteiger partial charge is 0.326 e. The third-order valence-electron chi connectivity index (χ3n) is 5.65. The third kappa shape index (κ3) is 3.56. The van der Waals surface area contributed by atoms with Gasteiger partial charge in [-0.1, -0.05) is 35.9 Å². The molecule has 0 unspecified atom stereocenters. The molecule has 9 nitrogen and oxygen atoms in total. The van der Waals surface area contributed by atoms with E-state index in [-0.39, 0.29) is 34.2 Å². The van der Waals surface area contributed by atoms with Crippen molar-refractivity contribution in [3.8, 4) is 0 Å². The Bertz CT molecular complexity index is 947. The van der Waals surface area contributed by atoms with E-state index >= 15 is 0 Å². The first-order valence-electron chi connectivity index (χ1n) is 9.39. The lowest BCUT2D eigenvalue weighted by atomic mass is 9.85. The van der Waals surface area contributed by atoms with E-state index in [1.165, 1.54) is 12.1 Å². The van der Waals surface area contributed by atoms with Gasteiger partial charge in [0.25, 0.3) is 11.8 Å². The number of nitrogens with one attached hydrogen (secondary N) is 2. The van der Waals surface area contributed by atoms with Gasteiger partial charge in [-0.3, -0.25) is 39.7 Å². The van der Waals surface area contributed by atoms with Crippen LogP contribution in [-0.2, 0) is 23.9 Å². The number of imide groups is 1. The number of amides is 4. The number of allylic oxidation sites excluding steroid dienone is 2. The molecule has 4 rings (SSSR count). The SMILES string of the molecule is O=C(COC(=O)CN1C(=O)[C@H]2[C@H](C1=O)[C@H]1C=C[C@H]2C1)NNC(=O)c1ccccc1Cl. The Morgan fingerprint density at radius 3 is 2.30 bits per heavy atom. The molecular formula is C20H18ClN3O6. The number of carbonyl (C=O) groups excluding carboxylic acids is 5. The Kier molecular flexibility index (Phi) is 5.29. The molecule has 3 aliphatic rings. The van der Waals surface area contributed by atoms with Crippen molar-refractivity contribution in [2.45, 2.75) is 6.42 Å². The maximum absolute atomic E-state index is 12.5. The van der Waals surface area contributed by atoms with E-state index in [1.54, 1.807) is 12.1 Å². The molecule has 1 aliphatic heterocycles. The molecule has 0 aromatic heterocycles. The van der Waals surface area contributed by atoms with E-state index in [2.05, 4.69) is 10.9 Å². The van der Waals surface area contributed by atoms with Gasteiger partial charge in [0.2, 0.25) is 11.8 Å². The lowest BCUT2D eigenvalue weighted by Crippen LogP contribution is -2.44. The van der Waals surface area contributed by atoms with Crippen LogP contribution in [0.2, 0.25) is 5.02 Å². The Morgan fingerprint density at radius 1 is 1.03 bits per heavy atom. The minimum Gasteiger partial charge on any atom is -0.454 e. The molecule has 2 fully saturated rings. The number of hydrazine groups is 1. The number of likely N-dealkylation sites (tertiary alicyclic amines) is 1. The van der Waals surface area contributed by atoms with Crippen LogP contribution in [0.15, 0.2) is 36.4 Å². The number of nitrogens with zero attached hydrogens (tertiary/aromatic N) is 1. The van der Waals surface area contributed by atoms with Gasteiger partial charge < -0.3 is 4.74 Å². The van der Waals surface area contributed by atoms with Crippen molar-refractivity contribution in [3.05, 3.63) is 47.0 Å². The number of benzene rings is 1. The summed E-state index contributed by atoms with van der Waals surface area (Å²) in [7, 11) is 0. The van der Waals surface area contributed by atoms with Gasteiger partial charge in [-0.25, -0.2) is 0 Å². The minimum absolute atomic E-state index is 0.0463.